The van der Waals surface area contributed by atoms with E-state index in [0.29, 0.717) is 12.0 Å². The number of pyridine rings is 1. The molecule has 96 valence electrons. The average Bonchev–Trinajstić information content (AvgIpc) is 2.82. The number of aromatic amines is 1. The van der Waals surface area contributed by atoms with Gasteiger partial charge in [0.1, 0.15) is 5.56 Å². The minimum Gasteiger partial charge on any atom is -0.367 e. The van der Waals surface area contributed by atoms with E-state index in [1.807, 2.05) is 0 Å². The molecule has 0 spiro atoms. The van der Waals surface area contributed by atoms with Crippen LogP contribution in [-0.4, -0.2) is 41.5 Å². The monoisotopic (exact) mass is 247 g/mol. The number of hydrogen-bond donors (Lipinski definition) is 2. The number of hydrogen-bond acceptors (Lipinski definition) is 3. The predicted octanol–water partition coefficient (Wildman–Crippen LogP) is 0.199. The molecule has 2 aliphatic rings. The number of nitrogens with zero attached hydrogens (tertiary/aromatic N) is 1. The van der Waals surface area contributed by atoms with Crippen LogP contribution in [0.2, 0.25) is 0 Å². The topological polar surface area (TPSA) is 65.2 Å². The van der Waals surface area contributed by atoms with Crippen LogP contribution < -0.4 is 10.7 Å². The Morgan fingerprint density at radius 3 is 3.06 bits per heavy atom. The summed E-state index contributed by atoms with van der Waals surface area (Å²) in [5.74, 6) is 0.401. The van der Waals surface area contributed by atoms with Crippen LogP contribution in [0.25, 0.3) is 0 Å². The first-order valence-electron chi connectivity index (χ1n) is 6.45. The largest absolute Gasteiger partial charge is 0.367 e. The van der Waals surface area contributed by atoms with Gasteiger partial charge >= 0.3 is 0 Å². The number of nitrogens with one attached hydrogen (secondary N) is 2. The number of aromatic nitrogens is 1. The summed E-state index contributed by atoms with van der Waals surface area (Å²) >= 11 is 0. The fraction of sp³-hybridized carbons (Fsp3) is 0.538. The van der Waals surface area contributed by atoms with Gasteiger partial charge < -0.3 is 15.2 Å². The first kappa shape index (κ1) is 11.5. The van der Waals surface area contributed by atoms with E-state index in [-0.39, 0.29) is 16.9 Å². The minimum atomic E-state index is -0.207. The summed E-state index contributed by atoms with van der Waals surface area (Å²) in [6, 6.07) is 1.81. The van der Waals surface area contributed by atoms with E-state index in [9.17, 15) is 9.59 Å². The summed E-state index contributed by atoms with van der Waals surface area (Å²) in [5.41, 5.74) is 0.0396. The molecule has 0 aliphatic carbocycles. The number of H-pyrrole nitrogens is 1. The van der Waals surface area contributed by atoms with E-state index >= 15 is 0 Å². The van der Waals surface area contributed by atoms with Gasteiger partial charge in [-0.15, -0.1) is 0 Å². The number of carbonyl (C=O) groups is 1. The van der Waals surface area contributed by atoms with Gasteiger partial charge in [0.05, 0.1) is 0 Å². The third kappa shape index (κ3) is 1.95. The van der Waals surface area contributed by atoms with Gasteiger partial charge in [-0.25, -0.2) is 0 Å². The summed E-state index contributed by atoms with van der Waals surface area (Å²) in [5, 5.41) is 3.45. The molecule has 0 saturated carbocycles. The van der Waals surface area contributed by atoms with Crippen molar-refractivity contribution in [2.45, 2.75) is 18.9 Å². The van der Waals surface area contributed by atoms with Crippen molar-refractivity contribution < 1.29 is 4.79 Å². The van der Waals surface area contributed by atoms with Crippen LogP contribution in [0.1, 0.15) is 23.2 Å². The lowest BCUT2D eigenvalue weighted by Gasteiger charge is -2.24. The van der Waals surface area contributed by atoms with Crippen LogP contribution in [0.15, 0.2) is 23.3 Å². The maximum absolute atomic E-state index is 12.3. The average molecular weight is 247 g/mol. The zero-order valence-electron chi connectivity index (χ0n) is 10.2. The zero-order chi connectivity index (χ0) is 12.5. The van der Waals surface area contributed by atoms with E-state index in [1.165, 1.54) is 25.1 Å². The Morgan fingerprint density at radius 2 is 2.28 bits per heavy atom. The molecule has 0 bridgehead atoms. The van der Waals surface area contributed by atoms with E-state index < -0.39 is 0 Å². The highest BCUT2D eigenvalue weighted by molar-refractivity contribution is 5.94. The van der Waals surface area contributed by atoms with Crippen LogP contribution in [-0.2, 0) is 0 Å². The number of rotatable bonds is 1. The molecular formula is C13H17N3O2. The number of amides is 1. The number of fused-ring (bicyclic) bond motifs is 1. The number of carbonyl (C=O) groups excluding carboxylic acids is 1. The predicted molar refractivity (Wildman–Crippen MR) is 67.5 cm³/mol. The van der Waals surface area contributed by atoms with Crippen molar-refractivity contribution in [3.63, 3.8) is 0 Å². The Labute approximate surface area is 105 Å². The van der Waals surface area contributed by atoms with Gasteiger partial charge in [-0.3, -0.25) is 9.59 Å². The Morgan fingerprint density at radius 1 is 1.39 bits per heavy atom. The molecule has 0 aromatic carbocycles. The Kier molecular flexibility index (Phi) is 2.91. The molecule has 5 heteroatoms. The first-order valence-corrected chi connectivity index (χ1v) is 6.45. The molecule has 3 heterocycles. The summed E-state index contributed by atoms with van der Waals surface area (Å²) in [7, 11) is 0. The number of piperidine rings is 1. The molecule has 2 atom stereocenters. The Bertz CT molecular complexity index is 497. The maximum Gasteiger partial charge on any atom is 0.259 e. The van der Waals surface area contributed by atoms with E-state index in [1.54, 1.807) is 11.1 Å². The molecule has 1 amide bonds. The van der Waals surface area contributed by atoms with Crippen molar-refractivity contribution in [1.29, 1.82) is 0 Å². The lowest BCUT2D eigenvalue weighted by Crippen LogP contribution is -2.41. The first-order chi connectivity index (χ1) is 8.75. The second kappa shape index (κ2) is 4.57. The van der Waals surface area contributed by atoms with Gasteiger partial charge in [-0.1, -0.05) is 0 Å². The molecule has 2 unspecified atom stereocenters. The van der Waals surface area contributed by atoms with E-state index in [4.69, 9.17) is 0 Å². The molecule has 1 aromatic heterocycles. The molecule has 3 rings (SSSR count). The molecule has 5 nitrogen and oxygen atoms in total. The second-order valence-corrected chi connectivity index (χ2v) is 5.10. The van der Waals surface area contributed by atoms with Crippen LogP contribution in [0.3, 0.4) is 0 Å². The third-order valence-electron chi connectivity index (χ3n) is 3.94. The van der Waals surface area contributed by atoms with Crippen molar-refractivity contribution >= 4 is 5.91 Å². The normalized spacial score (nSPS) is 27.0. The van der Waals surface area contributed by atoms with Crippen LogP contribution in [0, 0.1) is 5.92 Å². The molecule has 2 saturated heterocycles. The Hall–Kier alpha value is -1.62. The molecule has 2 aliphatic heterocycles. The van der Waals surface area contributed by atoms with Gasteiger partial charge in [0.2, 0.25) is 0 Å². The minimum absolute atomic E-state index is 0.145. The quantitative estimate of drug-likeness (QED) is 0.745. The summed E-state index contributed by atoms with van der Waals surface area (Å²) < 4.78 is 0. The lowest BCUT2D eigenvalue weighted by atomic mass is 9.94. The van der Waals surface area contributed by atoms with Gasteiger partial charge in [0.25, 0.3) is 5.91 Å². The smallest absolute Gasteiger partial charge is 0.259 e. The highest BCUT2D eigenvalue weighted by atomic mass is 16.2. The third-order valence-corrected chi connectivity index (χ3v) is 3.94. The Balaban J connectivity index is 1.78. The molecule has 2 fully saturated rings. The van der Waals surface area contributed by atoms with Crippen LogP contribution in [0.5, 0.6) is 0 Å². The summed E-state index contributed by atoms with van der Waals surface area (Å²) in [6.45, 7) is 2.53. The maximum atomic E-state index is 12.3. The van der Waals surface area contributed by atoms with Crippen molar-refractivity contribution in [1.82, 2.24) is 15.2 Å². The lowest BCUT2D eigenvalue weighted by molar-refractivity contribution is 0.0784. The van der Waals surface area contributed by atoms with E-state index in [0.717, 1.165) is 19.6 Å². The van der Waals surface area contributed by atoms with Gasteiger partial charge in [0.15, 0.2) is 5.43 Å². The molecular weight excluding hydrogens is 230 g/mol. The highest BCUT2D eigenvalue weighted by Crippen LogP contribution is 2.25. The van der Waals surface area contributed by atoms with Gasteiger partial charge in [0, 0.05) is 37.6 Å². The summed E-state index contributed by atoms with van der Waals surface area (Å²) in [4.78, 5) is 28.5. The molecule has 0 radical (unpaired) electrons. The van der Waals surface area contributed by atoms with Crippen molar-refractivity contribution in [2.75, 3.05) is 19.6 Å². The molecule has 18 heavy (non-hydrogen) atoms. The highest BCUT2D eigenvalue weighted by Gasteiger charge is 2.36. The van der Waals surface area contributed by atoms with Crippen molar-refractivity contribution in [3.05, 3.63) is 34.2 Å². The fourth-order valence-electron chi connectivity index (χ4n) is 2.97. The van der Waals surface area contributed by atoms with Gasteiger partial charge in [-0.2, -0.15) is 0 Å². The zero-order valence-corrected chi connectivity index (χ0v) is 10.2. The van der Waals surface area contributed by atoms with E-state index in [2.05, 4.69) is 10.3 Å². The standard InChI is InChI=1S/C13H17N3O2/c17-12-3-5-14-6-10(12)13(18)16-7-9-2-1-4-15-11(9)8-16/h3,5-6,9,11,15H,1-2,4,7-8H2,(H,14,17). The fourth-order valence-corrected chi connectivity index (χ4v) is 2.97. The van der Waals surface area contributed by atoms with Crippen molar-refractivity contribution in [2.24, 2.45) is 5.92 Å². The van der Waals surface area contributed by atoms with Crippen LogP contribution in [0.4, 0.5) is 0 Å². The second-order valence-electron chi connectivity index (χ2n) is 5.10. The molecule has 1 aromatic rings. The van der Waals surface area contributed by atoms with Crippen LogP contribution >= 0.6 is 0 Å². The SMILES string of the molecule is O=C(c1c[nH]ccc1=O)N1CC2CCCNC2C1. The van der Waals surface area contributed by atoms with Crippen molar-refractivity contribution in [3.8, 4) is 0 Å². The molecule has 2 N–H and O–H groups in total. The van der Waals surface area contributed by atoms with Gasteiger partial charge in [-0.05, 0) is 25.3 Å². The number of likely N-dealkylation sites (tertiary alicyclic amines) is 1. The summed E-state index contributed by atoms with van der Waals surface area (Å²) in [6.07, 6.45) is 5.40.